The van der Waals surface area contributed by atoms with E-state index in [0.717, 1.165) is 12.1 Å². The zero-order chi connectivity index (χ0) is 17.9. The first-order valence-electron chi connectivity index (χ1n) is 6.82. The Kier molecular flexibility index (Phi) is 4.73. The summed E-state index contributed by atoms with van der Waals surface area (Å²) < 4.78 is 0. The fraction of sp³-hybridized carbons (Fsp3) is 0.133. The van der Waals surface area contributed by atoms with E-state index in [9.17, 15) is 25.0 Å². The molecule has 0 heterocycles. The van der Waals surface area contributed by atoms with E-state index < -0.39 is 15.5 Å². The number of amides is 1. The van der Waals surface area contributed by atoms with Crippen LogP contribution in [-0.4, -0.2) is 34.7 Å². The summed E-state index contributed by atoms with van der Waals surface area (Å²) in [5.41, 5.74) is -0.0749. The second kappa shape index (κ2) is 6.73. The monoisotopic (exact) mass is 330 g/mol. The van der Waals surface area contributed by atoms with Gasteiger partial charge < -0.3 is 10.2 Å². The van der Waals surface area contributed by atoms with Crippen molar-refractivity contribution in [3.8, 4) is 0 Å². The Morgan fingerprint density at radius 2 is 1.67 bits per heavy atom. The lowest BCUT2D eigenvalue weighted by molar-refractivity contribution is -0.393. The Morgan fingerprint density at radius 1 is 1.00 bits per heavy atom. The van der Waals surface area contributed by atoms with Gasteiger partial charge in [-0.05, 0) is 18.2 Å². The van der Waals surface area contributed by atoms with Crippen molar-refractivity contribution in [2.75, 3.05) is 19.4 Å². The molecule has 0 atom stereocenters. The molecule has 24 heavy (non-hydrogen) atoms. The number of anilines is 2. The quantitative estimate of drug-likeness (QED) is 0.665. The molecule has 0 fully saturated rings. The summed E-state index contributed by atoms with van der Waals surface area (Å²) in [5.74, 6) is -0.275. The molecule has 2 rings (SSSR count). The number of nitro groups is 2. The predicted molar refractivity (Wildman–Crippen MR) is 87.5 cm³/mol. The Balaban J connectivity index is 2.47. The van der Waals surface area contributed by atoms with Gasteiger partial charge in [0.05, 0.1) is 27.2 Å². The number of hydrogen-bond acceptors (Lipinski definition) is 6. The van der Waals surface area contributed by atoms with E-state index in [-0.39, 0.29) is 17.3 Å². The number of para-hydroxylation sites is 1. The van der Waals surface area contributed by atoms with E-state index in [1.807, 2.05) is 0 Å². The first-order valence-corrected chi connectivity index (χ1v) is 6.82. The van der Waals surface area contributed by atoms with Gasteiger partial charge in [-0.25, -0.2) is 0 Å². The molecule has 1 N–H and O–H groups in total. The van der Waals surface area contributed by atoms with Gasteiger partial charge in [0.25, 0.3) is 17.3 Å². The number of carbonyl (C=O) groups is 1. The van der Waals surface area contributed by atoms with Crippen molar-refractivity contribution < 1.29 is 14.6 Å². The SMILES string of the molecule is CN(C)C(=O)c1ccccc1Nc1ccc([N+](=O)[O-])cc1[N+](=O)[O-]. The molecule has 0 aromatic heterocycles. The number of benzene rings is 2. The topological polar surface area (TPSA) is 119 Å². The van der Waals surface area contributed by atoms with Crippen LogP contribution in [0.25, 0.3) is 0 Å². The van der Waals surface area contributed by atoms with Gasteiger partial charge in [-0.15, -0.1) is 0 Å². The van der Waals surface area contributed by atoms with Crippen LogP contribution in [0.1, 0.15) is 10.4 Å². The summed E-state index contributed by atoms with van der Waals surface area (Å²) in [5, 5.41) is 24.8. The molecule has 0 unspecified atom stereocenters. The van der Waals surface area contributed by atoms with Crippen LogP contribution < -0.4 is 5.32 Å². The van der Waals surface area contributed by atoms with Crippen LogP contribution >= 0.6 is 0 Å². The van der Waals surface area contributed by atoms with Crippen LogP contribution in [0.4, 0.5) is 22.7 Å². The maximum atomic E-state index is 12.2. The molecule has 9 nitrogen and oxygen atoms in total. The van der Waals surface area contributed by atoms with Gasteiger partial charge in [-0.3, -0.25) is 25.0 Å². The van der Waals surface area contributed by atoms with Crippen LogP contribution in [-0.2, 0) is 0 Å². The Hall–Kier alpha value is -3.49. The van der Waals surface area contributed by atoms with Crippen molar-refractivity contribution in [1.29, 1.82) is 0 Å². The van der Waals surface area contributed by atoms with Crippen molar-refractivity contribution in [2.24, 2.45) is 0 Å². The molecule has 0 aliphatic rings. The molecule has 0 aliphatic carbocycles. The summed E-state index contributed by atoms with van der Waals surface area (Å²) in [6.45, 7) is 0. The number of rotatable bonds is 5. The van der Waals surface area contributed by atoms with Crippen molar-refractivity contribution in [2.45, 2.75) is 0 Å². The number of non-ortho nitro benzene ring substituents is 1. The van der Waals surface area contributed by atoms with Gasteiger partial charge in [0.2, 0.25) is 0 Å². The van der Waals surface area contributed by atoms with E-state index in [0.29, 0.717) is 11.3 Å². The number of nitrogens with zero attached hydrogens (tertiary/aromatic N) is 3. The van der Waals surface area contributed by atoms with Crippen molar-refractivity contribution in [3.63, 3.8) is 0 Å². The zero-order valence-corrected chi connectivity index (χ0v) is 12.9. The lowest BCUT2D eigenvalue weighted by Crippen LogP contribution is -2.22. The summed E-state index contributed by atoms with van der Waals surface area (Å²) in [6, 6.07) is 9.81. The Labute approximate surface area is 136 Å². The third-order valence-electron chi connectivity index (χ3n) is 3.22. The highest BCUT2D eigenvalue weighted by molar-refractivity contribution is 6.00. The highest BCUT2D eigenvalue weighted by Gasteiger charge is 2.21. The van der Waals surface area contributed by atoms with Gasteiger partial charge >= 0.3 is 0 Å². The van der Waals surface area contributed by atoms with Crippen LogP contribution in [0, 0.1) is 20.2 Å². The molecule has 0 radical (unpaired) electrons. The van der Waals surface area contributed by atoms with Crippen LogP contribution in [0.15, 0.2) is 42.5 Å². The summed E-state index contributed by atoms with van der Waals surface area (Å²) in [4.78, 5) is 34.1. The molecular formula is C15H14N4O5. The molecule has 0 saturated heterocycles. The fourth-order valence-electron chi connectivity index (χ4n) is 2.05. The zero-order valence-electron chi connectivity index (χ0n) is 12.9. The van der Waals surface area contributed by atoms with Gasteiger partial charge in [0, 0.05) is 20.2 Å². The van der Waals surface area contributed by atoms with Gasteiger partial charge in [-0.1, -0.05) is 12.1 Å². The highest BCUT2D eigenvalue weighted by Crippen LogP contribution is 2.32. The average Bonchev–Trinajstić information content (AvgIpc) is 2.54. The van der Waals surface area contributed by atoms with Gasteiger partial charge in [0.15, 0.2) is 0 Å². The molecule has 0 saturated carbocycles. The Bertz CT molecular complexity index is 819. The maximum Gasteiger partial charge on any atom is 0.299 e. The molecule has 1 amide bonds. The second-order valence-electron chi connectivity index (χ2n) is 5.09. The first-order chi connectivity index (χ1) is 11.3. The van der Waals surface area contributed by atoms with E-state index in [4.69, 9.17) is 0 Å². The normalized spacial score (nSPS) is 10.1. The number of nitrogens with one attached hydrogen (secondary N) is 1. The smallest absolute Gasteiger partial charge is 0.299 e. The highest BCUT2D eigenvalue weighted by atomic mass is 16.6. The predicted octanol–water partition coefficient (Wildman–Crippen LogP) is 2.95. The van der Waals surface area contributed by atoms with Crippen molar-refractivity contribution in [1.82, 2.24) is 4.90 Å². The van der Waals surface area contributed by atoms with Crippen LogP contribution in [0.2, 0.25) is 0 Å². The molecule has 0 bridgehead atoms. The number of nitro benzene ring substituents is 2. The molecule has 9 heteroatoms. The maximum absolute atomic E-state index is 12.2. The summed E-state index contributed by atoms with van der Waals surface area (Å²) in [6.07, 6.45) is 0. The largest absolute Gasteiger partial charge is 0.349 e. The third kappa shape index (κ3) is 3.46. The minimum absolute atomic E-state index is 0.0598. The van der Waals surface area contributed by atoms with E-state index in [1.54, 1.807) is 38.4 Å². The van der Waals surface area contributed by atoms with Crippen LogP contribution in [0.5, 0.6) is 0 Å². The number of hydrogen-bond donors (Lipinski definition) is 1. The minimum Gasteiger partial charge on any atom is -0.349 e. The molecule has 124 valence electrons. The van der Waals surface area contributed by atoms with Gasteiger partial charge in [0.1, 0.15) is 5.69 Å². The van der Waals surface area contributed by atoms with Gasteiger partial charge in [-0.2, -0.15) is 0 Å². The Morgan fingerprint density at radius 3 is 2.25 bits per heavy atom. The minimum atomic E-state index is -0.717. The lowest BCUT2D eigenvalue weighted by Gasteiger charge is -2.15. The summed E-state index contributed by atoms with van der Waals surface area (Å²) in [7, 11) is 3.18. The van der Waals surface area contributed by atoms with E-state index >= 15 is 0 Å². The van der Waals surface area contributed by atoms with Crippen LogP contribution in [0.3, 0.4) is 0 Å². The average molecular weight is 330 g/mol. The molecule has 0 spiro atoms. The number of carbonyl (C=O) groups excluding carboxylic acids is 1. The molecule has 2 aromatic carbocycles. The fourth-order valence-corrected chi connectivity index (χ4v) is 2.05. The van der Waals surface area contributed by atoms with E-state index in [2.05, 4.69) is 5.32 Å². The first kappa shape index (κ1) is 16.9. The van der Waals surface area contributed by atoms with Crippen molar-refractivity contribution in [3.05, 3.63) is 68.3 Å². The second-order valence-corrected chi connectivity index (χ2v) is 5.09. The molecule has 2 aromatic rings. The lowest BCUT2D eigenvalue weighted by atomic mass is 10.1. The standard InChI is InChI=1S/C15H14N4O5/c1-17(2)15(20)11-5-3-4-6-12(11)16-13-8-7-10(18(21)22)9-14(13)19(23)24/h3-9,16H,1-2H3. The summed E-state index contributed by atoms with van der Waals surface area (Å²) >= 11 is 0. The third-order valence-corrected chi connectivity index (χ3v) is 3.22. The van der Waals surface area contributed by atoms with E-state index in [1.165, 1.54) is 11.0 Å². The van der Waals surface area contributed by atoms with Crippen molar-refractivity contribution >= 4 is 28.7 Å². The molecule has 0 aliphatic heterocycles. The molecular weight excluding hydrogens is 316 g/mol.